The molecule has 3 nitrogen and oxygen atoms in total. The van der Waals surface area contributed by atoms with Crippen LogP contribution < -0.4 is 10.2 Å². The maximum absolute atomic E-state index is 12.2. The summed E-state index contributed by atoms with van der Waals surface area (Å²) in [5.41, 5.74) is 3.65. The molecule has 2 aromatic rings. The van der Waals surface area contributed by atoms with Crippen LogP contribution in [-0.4, -0.2) is 25.0 Å². The van der Waals surface area contributed by atoms with Gasteiger partial charge in [0, 0.05) is 23.3 Å². The molecule has 0 aromatic heterocycles. The minimum absolute atomic E-state index is 0.0654. The maximum atomic E-state index is 12.2. The SMILES string of the molecule is C[C@@H]1Cc2ccccc2N1CC(=O)NCCc1cccc(Cl)c1. The van der Waals surface area contributed by atoms with Gasteiger partial charge in [-0.3, -0.25) is 4.79 Å². The largest absolute Gasteiger partial charge is 0.359 e. The summed E-state index contributed by atoms with van der Waals surface area (Å²) in [6.07, 6.45) is 1.80. The standard InChI is InChI=1S/C19H21ClN2O/c1-14-11-16-6-2-3-8-18(16)22(14)13-19(23)21-10-9-15-5-4-7-17(20)12-15/h2-8,12,14H,9-11,13H2,1H3,(H,21,23)/t14-/m1/s1. The average Bonchev–Trinajstić information content (AvgIpc) is 2.83. The highest BCUT2D eigenvalue weighted by Gasteiger charge is 2.26. The van der Waals surface area contributed by atoms with Crippen LogP contribution in [0.3, 0.4) is 0 Å². The third-order valence-electron chi connectivity index (χ3n) is 4.29. The lowest BCUT2D eigenvalue weighted by Crippen LogP contribution is -2.40. The Morgan fingerprint density at radius 2 is 2.09 bits per heavy atom. The topological polar surface area (TPSA) is 32.3 Å². The zero-order valence-corrected chi connectivity index (χ0v) is 14.0. The summed E-state index contributed by atoms with van der Waals surface area (Å²) in [6, 6.07) is 16.4. The summed E-state index contributed by atoms with van der Waals surface area (Å²) in [5.74, 6) is 0.0654. The number of fused-ring (bicyclic) bond motifs is 1. The number of carbonyl (C=O) groups excluding carboxylic acids is 1. The molecule has 0 bridgehead atoms. The first kappa shape index (κ1) is 15.9. The van der Waals surface area contributed by atoms with Crippen molar-refractivity contribution in [3.05, 3.63) is 64.7 Å². The normalized spacial score (nSPS) is 16.3. The fraction of sp³-hybridized carbons (Fsp3) is 0.316. The van der Waals surface area contributed by atoms with Crippen LogP contribution >= 0.6 is 11.6 Å². The molecule has 0 saturated carbocycles. The van der Waals surface area contributed by atoms with Crippen LogP contribution in [0.15, 0.2) is 48.5 Å². The summed E-state index contributed by atoms with van der Waals surface area (Å²) in [5, 5.41) is 3.74. The molecule has 2 aromatic carbocycles. The Kier molecular flexibility index (Phi) is 4.87. The number of hydrogen-bond donors (Lipinski definition) is 1. The Morgan fingerprint density at radius 3 is 2.91 bits per heavy atom. The summed E-state index contributed by atoms with van der Waals surface area (Å²) < 4.78 is 0. The van der Waals surface area contributed by atoms with Gasteiger partial charge in [-0.2, -0.15) is 0 Å². The van der Waals surface area contributed by atoms with Crippen LogP contribution in [0, 0.1) is 0 Å². The van der Waals surface area contributed by atoms with Crippen molar-refractivity contribution in [3.63, 3.8) is 0 Å². The number of carbonyl (C=O) groups is 1. The molecule has 1 aliphatic heterocycles. The van der Waals surface area contributed by atoms with Gasteiger partial charge in [0.15, 0.2) is 0 Å². The minimum Gasteiger partial charge on any atom is -0.359 e. The van der Waals surface area contributed by atoms with Gasteiger partial charge in [-0.25, -0.2) is 0 Å². The predicted octanol–water partition coefficient (Wildman–Crippen LogP) is 3.45. The van der Waals surface area contributed by atoms with Crippen LogP contribution in [0.1, 0.15) is 18.1 Å². The molecule has 3 rings (SSSR count). The first-order chi connectivity index (χ1) is 11.1. The number of rotatable bonds is 5. The van der Waals surface area contributed by atoms with Crippen molar-refractivity contribution in [2.75, 3.05) is 18.0 Å². The van der Waals surface area contributed by atoms with E-state index in [0.717, 1.165) is 23.4 Å². The average molecular weight is 329 g/mol. The number of para-hydroxylation sites is 1. The van der Waals surface area contributed by atoms with Gasteiger partial charge in [0.25, 0.3) is 0 Å². The Labute approximate surface area is 142 Å². The molecule has 0 unspecified atom stereocenters. The Morgan fingerprint density at radius 1 is 1.26 bits per heavy atom. The number of anilines is 1. The molecule has 0 saturated heterocycles. The lowest BCUT2D eigenvalue weighted by Gasteiger charge is -2.24. The molecule has 23 heavy (non-hydrogen) atoms. The van der Waals surface area contributed by atoms with Gasteiger partial charge >= 0.3 is 0 Å². The summed E-state index contributed by atoms with van der Waals surface area (Å²) in [6.45, 7) is 3.20. The number of nitrogens with one attached hydrogen (secondary N) is 1. The Bertz CT molecular complexity index is 701. The van der Waals surface area contributed by atoms with Gasteiger partial charge in [-0.1, -0.05) is 41.9 Å². The van der Waals surface area contributed by atoms with E-state index in [0.29, 0.717) is 19.1 Å². The molecule has 120 valence electrons. The second-order valence-electron chi connectivity index (χ2n) is 6.04. The maximum Gasteiger partial charge on any atom is 0.239 e. The molecule has 0 fully saturated rings. The van der Waals surface area contributed by atoms with E-state index in [4.69, 9.17) is 11.6 Å². The van der Waals surface area contributed by atoms with E-state index in [9.17, 15) is 4.79 Å². The fourth-order valence-electron chi connectivity index (χ4n) is 3.12. The molecule has 1 atom stereocenters. The van der Waals surface area contributed by atoms with Crippen LogP contribution in [0.25, 0.3) is 0 Å². The van der Waals surface area contributed by atoms with Crippen LogP contribution in [-0.2, 0) is 17.6 Å². The lowest BCUT2D eigenvalue weighted by molar-refractivity contribution is -0.119. The van der Waals surface area contributed by atoms with E-state index in [2.05, 4.69) is 35.3 Å². The molecule has 1 aliphatic rings. The molecule has 1 N–H and O–H groups in total. The highest BCUT2D eigenvalue weighted by Crippen LogP contribution is 2.31. The number of nitrogens with zero attached hydrogens (tertiary/aromatic N) is 1. The van der Waals surface area contributed by atoms with Gasteiger partial charge in [-0.15, -0.1) is 0 Å². The highest BCUT2D eigenvalue weighted by atomic mass is 35.5. The molecule has 1 heterocycles. The summed E-state index contributed by atoms with van der Waals surface area (Å²) >= 11 is 5.97. The van der Waals surface area contributed by atoms with Crippen molar-refractivity contribution in [3.8, 4) is 0 Å². The van der Waals surface area contributed by atoms with Crippen molar-refractivity contribution in [2.24, 2.45) is 0 Å². The van der Waals surface area contributed by atoms with E-state index in [1.54, 1.807) is 0 Å². The van der Waals surface area contributed by atoms with Crippen molar-refractivity contribution < 1.29 is 4.79 Å². The van der Waals surface area contributed by atoms with Gasteiger partial charge in [-0.05, 0) is 49.1 Å². The molecule has 1 amide bonds. The molecular formula is C19H21ClN2O. The lowest BCUT2D eigenvalue weighted by atomic mass is 10.1. The summed E-state index contributed by atoms with van der Waals surface area (Å²) in [4.78, 5) is 14.4. The smallest absolute Gasteiger partial charge is 0.239 e. The van der Waals surface area contributed by atoms with E-state index < -0.39 is 0 Å². The van der Waals surface area contributed by atoms with E-state index >= 15 is 0 Å². The molecule has 4 heteroatoms. The second-order valence-corrected chi connectivity index (χ2v) is 6.48. The fourth-order valence-corrected chi connectivity index (χ4v) is 3.33. The molecule has 0 radical (unpaired) electrons. The predicted molar refractivity (Wildman–Crippen MR) is 95.1 cm³/mol. The quantitative estimate of drug-likeness (QED) is 0.911. The number of amides is 1. The van der Waals surface area contributed by atoms with Crippen LogP contribution in [0.5, 0.6) is 0 Å². The monoisotopic (exact) mass is 328 g/mol. The third kappa shape index (κ3) is 3.85. The second kappa shape index (κ2) is 7.05. The van der Waals surface area contributed by atoms with E-state index in [1.807, 2.05) is 30.3 Å². The minimum atomic E-state index is 0.0654. The molecule has 0 aliphatic carbocycles. The van der Waals surface area contributed by atoms with Gasteiger partial charge in [0.1, 0.15) is 0 Å². The summed E-state index contributed by atoms with van der Waals surface area (Å²) in [7, 11) is 0. The van der Waals surface area contributed by atoms with Gasteiger partial charge in [0.2, 0.25) is 5.91 Å². The first-order valence-electron chi connectivity index (χ1n) is 7.99. The van der Waals surface area contributed by atoms with Crippen molar-refractivity contribution >= 4 is 23.2 Å². The Balaban J connectivity index is 1.52. The van der Waals surface area contributed by atoms with Crippen molar-refractivity contribution in [1.29, 1.82) is 0 Å². The van der Waals surface area contributed by atoms with E-state index in [1.165, 1.54) is 11.3 Å². The number of benzene rings is 2. The van der Waals surface area contributed by atoms with E-state index in [-0.39, 0.29) is 5.91 Å². The highest BCUT2D eigenvalue weighted by molar-refractivity contribution is 6.30. The van der Waals surface area contributed by atoms with Crippen LogP contribution in [0.4, 0.5) is 5.69 Å². The zero-order valence-electron chi connectivity index (χ0n) is 13.3. The van der Waals surface area contributed by atoms with Crippen molar-refractivity contribution in [2.45, 2.75) is 25.8 Å². The molecular weight excluding hydrogens is 308 g/mol. The van der Waals surface area contributed by atoms with Crippen LogP contribution in [0.2, 0.25) is 5.02 Å². The number of hydrogen-bond acceptors (Lipinski definition) is 2. The number of halogens is 1. The third-order valence-corrected chi connectivity index (χ3v) is 4.52. The zero-order chi connectivity index (χ0) is 16.2. The Hall–Kier alpha value is -2.00. The van der Waals surface area contributed by atoms with Crippen molar-refractivity contribution in [1.82, 2.24) is 5.32 Å². The first-order valence-corrected chi connectivity index (χ1v) is 8.37. The molecule has 0 spiro atoms. The van der Waals surface area contributed by atoms with Gasteiger partial charge < -0.3 is 10.2 Å². The van der Waals surface area contributed by atoms with Gasteiger partial charge in [0.05, 0.1) is 6.54 Å².